The summed E-state index contributed by atoms with van der Waals surface area (Å²) in [5, 5.41) is 6.04. The number of carbonyl (C=O) groups is 1. The molecule has 0 aliphatic rings. The smallest absolute Gasteiger partial charge is 0.238 e. The van der Waals surface area contributed by atoms with Crippen LogP contribution in [-0.2, 0) is 4.79 Å². The summed E-state index contributed by atoms with van der Waals surface area (Å²) in [7, 11) is 0. The molecule has 2 N–H and O–H groups in total. The van der Waals surface area contributed by atoms with Crippen molar-refractivity contribution < 1.29 is 9.21 Å². The number of rotatable bonds is 6. The van der Waals surface area contributed by atoms with Crippen LogP contribution in [0.3, 0.4) is 0 Å². The molecular formula is C15H18N2O2S. The average molecular weight is 290 g/mol. The van der Waals surface area contributed by atoms with E-state index in [2.05, 4.69) is 10.6 Å². The molecule has 106 valence electrons. The summed E-state index contributed by atoms with van der Waals surface area (Å²) in [4.78, 5) is 13.0. The highest BCUT2D eigenvalue weighted by molar-refractivity contribution is 7.98. The van der Waals surface area contributed by atoms with Gasteiger partial charge >= 0.3 is 0 Å². The lowest BCUT2D eigenvalue weighted by Crippen LogP contribution is -2.30. The van der Waals surface area contributed by atoms with Crippen LogP contribution < -0.4 is 10.6 Å². The summed E-state index contributed by atoms with van der Waals surface area (Å²) >= 11 is 1.61. The Balaban J connectivity index is 1.86. The van der Waals surface area contributed by atoms with Crippen molar-refractivity contribution in [3.63, 3.8) is 0 Å². The molecule has 1 heterocycles. The van der Waals surface area contributed by atoms with Crippen LogP contribution in [0.15, 0.2) is 52.0 Å². The van der Waals surface area contributed by atoms with Gasteiger partial charge in [0, 0.05) is 4.90 Å². The molecule has 5 heteroatoms. The fourth-order valence-electron chi connectivity index (χ4n) is 1.83. The molecule has 1 aromatic heterocycles. The largest absolute Gasteiger partial charge is 0.468 e. The van der Waals surface area contributed by atoms with E-state index in [1.165, 1.54) is 0 Å². The van der Waals surface area contributed by atoms with Crippen LogP contribution in [0.4, 0.5) is 5.69 Å². The number of benzene rings is 1. The maximum Gasteiger partial charge on any atom is 0.238 e. The van der Waals surface area contributed by atoms with E-state index in [9.17, 15) is 4.79 Å². The Morgan fingerprint density at radius 1 is 1.30 bits per heavy atom. The monoisotopic (exact) mass is 290 g/mol. The highest BCUT2D eigenvalue weighted by atomic mass is 32.2. The fourth-order valence-corrected chi connectivity index (χ4v) is 2.38. The standard InChI is InChI=1S/C15H18N2O2S/c1-11(13-7-5-9-19-13)16-10-15(18)17-12-6-3-4-8-14(12)20-2/h3-9,11,16H,10H2,1-2H3,(H,17,18)/t11-/m1/s1. The minimum Gasteiger partial charge on any atom is -0.468 e. The van der Waals surface area contributed by atoms with Gasteiger partial charge in [-0.2, -0.15) is 0 Å². The second kappa shape index (κ2) is 7.17. The second-order valence-electron chi connectivity index (χ2n) is 4.37. The maximum atomic E-state index is 11.9. The Morgan fingerprint density at radius 3 is 2.80 bits per heavy atom. The van der Waals surface area contributed by atoms with Gasteiger partial charge in [-0.1, -0.05) is 12.1 Å². The summed E-state index contributed by atoms with van der Waals surface area (Å²) in [6.07, 6.45) is 3.62. The van der Waals surface area contributed by atoms with Crippen LogP contribution in [0.1, 0.15) is 18.7 Å². The van der Waals surface area contributed by atoms with E-state index in [-0.39, 0.29) is 18.5 Å². The lowest BCUT2D eigenvalue weighted by molar-refractivity contribution is -0.115. The zero-order valence-corrected chi connectivity index (χ0v) is 12.4. The zero-order chi connectivity index (χ0) is 14.4. The van der Waals surface area contributed by atoms with Gasteiger partial charge in [0.25, 0.3) is 0 Å². The number of anilines is 1. The predicted molar refractivity (Wildman–Crippen MR) is 82.0 cm³/mol. The summed E-state index contributed by atoms with van der Waals surface area (Å²) in [6.45, 7) is 2.20. The van der Waals surface area contributed by atoms with Gasteiger partial charge in [0.05, 0.1) is 24.5 Å². The van der Waals surface area contributed by atoms with Crippen molar-refractivity contribution in [2.75, 3.05) is 18.1 Å². The molecule has 1 aromatic carbocycles. The van der Waals surface area contributed by atoms with E-state index < -0.39 is 0 Å². The van der Waals surface area contributed by atoms with Crippen molar-refractivity contribution in [1.82, 2.24) is 5.32 Å². The van der Waals surface area contributed by atoms with Gasteiger partial charge in [0.2, 0.25) is 5.91 Å². The first kappa shape index (κ1) is 14.7. The number of thioether (sulfide) groups is 1. The van der Waals surface area contributed by atoms with Gasteiger partial charge in [-0.25, -0.2) is 0 Å². The number of amides is 1. The van der Waals surface area contributed by atoms with E-state index in [4.69, 9.17) is 4.42 Å². The van der Waals surface area contributed by atoms with Crippen LogP contribution >= 0.6 is 11.8 Å². The minimum atomic E-state index is -0.0649. The molecule has 2 aromatic rings. The summed E-state index contributed by atoms with van der Waals surface area (Å²) in [5.74, 6) is 0.757. The third-order valence-corrected chi connectivity index (χ3v) is 3.72. The highest BCUT2D eigenvalue weighted by Crippen LogP contribution is 2.24. The van der Waals surface area contributed by atoms with Crippen molar-refractivity contribution in [2.45, 2.75) is 17.9 Å². The lowest BCUT2D eigenvalue weighted by Gasteiger charge is -2.12. The first-order valence-electron chi connectivity index (χ1n) is 6.40. The van der Waals surface area contributed by atoms with E-state index in [1.807, 2.05) is 49.6 Å². The Hall–Kier alpha value is -1.72. The van der Waals surface area contributed by atoms with Crippen LogP contribution in [0, 0.1) is 0 Å². The van der Waals surface area contributed by atoms with Crippen molar-refractivity contribution in [3.05, 3.63) is 48.4 Å². The number of furan rings is 1. The molecular weight excluding hydrogens is 272 g/mol. The molecule has 1 amide bonds. The third kappa shape index (κ3) is 3.88. The summed E-state index contributed by atoms with van der Waals surface area (Å²) in [6, 6.07) is 11.5. The number of para-hydroxylation sites is 1. The molecule has 0 aliphatic carbocycles. The number of carbonyl (C=O) groups excluding carboxylic acids is 1. The van der Waals surface area contributed by atoms with Crippen LogP contribution in [-0.4, -0.2) is 18.7 Å². The van der Waals surface area contributed by atoms with Crippen molar-refractivity contribution in [3.8, 4) is 0 Å². The Morgan fingerprint density at radius 2 is 2.10 bits per heavy atom. The second-order valence-corrected chi connectivity index (χ2v) is 5.21. The summed E-state index contributed by atoms with van der Waals surface area (Å²) < 4.78 is 5.28. The van der Waals surface area contributed by atoms with Crippen molar-refractivity contribution >= 4 is 23.4 Å². The molecule has 0 spiro atoms. The van der Waals surface area contributed by atoms with Crippen LogP contribution in [0.2, 0.25) is 0 Å². The summed E-state index contributed by atoms with van der Waals surface area (Å²) in [5.41, 5.74) is 0.845. The Bertz CT molecular complexity index is 555. The SMILES string of the molecule is CSc1ccccc1NC(=O)CN[C@H](C)c1ccco1. The topological polar surface area (TPSA) is 54.3 Å². The van der Waals surface area contributed by atoms with E-state index in [0.717, 1.165) is 16.3 Å². The quantitative estimate of drug-likeness (QED) is 0.802. The number of nitrogens with one attached hydrogen (secondary N) is 2. The van der Waals surface area contributed by atoms with E-state index in [1.54, 1.807) is 18.0 Å². The van der Waals surface area contributed by atoms with Crippen LogP contribution in [0.5, 0.6) is 0 Å². The molecule has 0 fully saturated rings. The predicted octanol–water partition coefficient (Wildman–Crippen LogP) is 3.29. The molecule has 20 heavy (non-hydrogen) atoms. The molecule has 2 rings (SSSR count). The molecule has 1 atom stereocenters. The minimum absolute atomic E-state index is 0.00606. The maximum absolute atomic E-state index is 11.9. The molecule has 0 radical (unpaired) electrons. The molecule has 0 saturated carbocycles. The normalized spacial score (nSPS) is 12.1. The van der Waals surface area contributed by atoms with E-state index >= 15 is 0 Å². The number of hydrogen-bond acceptors (Lipinski definition) is 4. The third-order valence-electron chi connectivity index (χ3n) is 2.92. The fraction of sp³-hybridized carbons (Fsp3) is 0.267. The van der Waals surface area contributed by atoms with Crippen molar-refractivity contribution in [2.24, 2.45) is 0 Å². The first-order chi connectivity index (χ1) is 9.70. The van der Waals surface area contributed by atoms with Gasteiger partial charge in [-0.15, -0.1) is 11.8 Å². The Kier molecular flexibility index (Phi) is 5.26. The highest BCUT2D eigenvalue weighted by Gasteiger charge is 2.10. The molecule has 0 aliphatic heterocycles. The Labute approximate surface area is 122 Å². The molecule has 0 bridgehead atoms. The zero-order valence-electron chi connectivity index (χ0n) is 11.6. The molecule has 0 unspecified atom stereocenters. The van der Waals surface area contributed by atoms with Gasteiger partial charge in [0.15, 0.2) is 0 Å². The first-order valence-corrected chi connectivity index (χ1v) is 7.63. The molecule has 0 saturated heterocycles. The van der Waals surface area contributed by atoms with Gasteiger partial charge in [-0.05, 0) is 37.4 Å². The van der Waals surface area contributed by atoms with Gasteiger partial charge in [0.1, 0.15) is 5.76 Å². The van der Waals surface area contributed by atoms with Gasteiger partial charge < -0.3 is 9.73 Å². The number of hydrogen-bond donors (Lipinski definition) is 2. The van der Waals surface area contributed by atoms with Crippen LogP contribution in [0.25, 0.3) is 0 Å². The van der Waals surface area contributed by atoms with Gasteiger partial charge in [-0.3, -0.25) is 10.1 Å². The van der Waals surface area contributed by atoms with Crippen molar-refractivity contribution in [1.29, 1.82) is 0 Å². The average Bonchev–Trinajstić information content (AvgIpc) is 2.99. The lowest BCUT2D eigenvalue weighted by atomic mass is 10.2. The molecule has 4 nitrogen and oxygen atoms in total. The van der Waals surface area contributed by atoms with E-state index in [0.29, 0.717) is 0 Å².